The fourth-order valence-electron chi connectivity index (χ4n) is 1.32. The monoisotopic (exact) mass is 214 g/mol. The minimum Gasteiger partial charge on any atom is -0.384 e. The molecule has 1 aromatic rings. The van der Waals surface area contributed by atoms with Crippen LogP contribution in [-0.4, -0.2) is 13.7 Å². The quantitative estimate of drug-likeness (QED) is 0.540. The molecule has 0 N–H and O–H groups in total. The van der Waals surface area contributed by atoms with Crippen LogP contribution < -0.4 is 0 Å². The molecule has 0 heterocycles. The summed E-state index contributed by atoms with van der Waals surface area (Å²) in [4.78, 5) is 0. The summed E-state index contributed by atoms with van der Waals surface area (Å²) >= 11 is 0. The Morgan fingerprint density at radius 2 is 2.06 bits per heavy atom. The zero-order valence-corrected chi connectivity index (χ0v) is 9.78. The van der Waals surface area contributed by atoms with Crippen LogP contribution in [0.4, 0.5) is 0 Å². The number of rotatable bonds is 5. The lowest BCUT2D eigenvalue weighted by Crippen LogP contribution is -1.83. The largest absolute Gasteiger partial charge is 0.384 e. The third-order valence-electron chi connectivity index (χ3n) is 2.18. The van der Waals surface area contributed by atoms with Gasteiger partial charge in [0.05, 0.1) is 6.61 Å². The molecule has 16 heavy (non-hydrogen) atoms. The Labute approximate surface area is 98.1 Å². The van der Waals surface area contributed by atoms with Gasteiger partial charge in [-0.2, -0.15) is 0 Å². The minimum atomic E-state index is 0.713. The van der Waals surface area contributed by atoms with Crippen molar-refractivity contribution in [2.24, 2.45) is 0 Å². The van der Waals surface area contributed by atoms with E-state index in [0.29, 0.717) is 6.61 Å². The van der Waals surface area contributed by atoms with E-state index in [4.69, 9.17) is 4.74 Å². The van der Waals surface area contributed by atoms with Crippen LogP contribution in [0.2, 0.25) is 0 Å². The molecule has 0 bridgehead atoms. The van der Waals surface area contributed by atoms with Gasteiger partial charge in [0.2, 0.25) is 0 Å². The number of methoxy groups -OCH3 is 1. The predicted molar refractivity (Wildman–Crippen MR) is 68.2 cm³/mol. The summed E-state index contributed by atoms with van der Waals surface area (Å²) < 4.78 is 4.90. The van der Waals surface area contributed by atoms with Crippen molar-refractivity contribution in [3.05, 3.63) is 48.0 Å². The molecule has 1 nitrogen and oxygen atoms in total. The maximum Gasteiger partial charge on any atom is 0.0571 e. The molecule has 0 aliphatic rings. The molecule has 1 rings (SSSR count). The van der Waals surface area contributed by atoms with Crippen LogP contribution in [0.1, 0.15) is 18.4 Å². The lowest BCUT2D eigenvalue weighted by Gasteiger charge is -1.95. The van der Waals surface area contributed by atoms with Crippen molar-refractivity contribution in [3.63, 3.8) is 0 Å². The first-order valence-corrected chi connectivity index (χ1v) is 5.59. The van der Waals surface area contributed by atoms with E-state index in [1.807, 2.05) is 12.1 Å². The number of benzene rings is 1. The zero-order valence-electron chi connectivity index (χ0n) is 9.78. The van der Waals surface area contributed by atoms with Gasteiger partial charge < -0.3 is 4.74 Å². The van der Waals surface area contributed by atoms with Crippen molar-refractivity contribution < 1.29 is 4.74 Å². The molecule has 0 unspecified atom stereocenters. The van der Waals surface area contributed by atoms with E-state index >= 15 is 0 Å². The summed E-state index contributed by atoms with van der Waals surface area (Å²) in [6, 6.07) is 10.5. The topological polar surface area (TPSA) is 9.23 Å². The van der Waals surface area contributed by atoms with Gasteiger partial charge in [-0.25, -0.2) is 0 Å². The van der Waals surface area contributed by atoms with E-state index in [1.54, 1.807) is 7.11 Å². The molecule has 0 aliphatic heterocycles. The van der Waals surface area contributed by atoms with Crippen molar-refractivity contribution in [1.82, 2.24) is 0 Å². The molecular weight excluding hydrogens is 196 g/mol. The first-order valence-electron chi connectivity index (χ1n) is 5.59. The number of ether oxygens (including phenoxy) is 1. The molecule has 0 aliphatic carbocycles. The van der Waals surface area contributed by atoms with E-state index in [1.165, 1.54) is 5.56 Å². The van der Waals surface area contributed by atoms with Gasteiger partial charge in [0.25, 0.3) is 0 Å². The van der Waals surface area contributed by atoms with E-state index in [2.05, 4.69) is 42.2 Å². The highest BCUT2D eigenvalue weighted by Crippen LogP contribution is 2.02. The summed E-state index contributed by atoms with van der Waals surface area (Å²) in [5, 5.41) is 0. The van der Waals surface area contributed by atoms with E-state index in [-0.39, 0.29) is 0 Å². The van der Waals surface area contributed by atoms with Gasteiger partial charge in [0.15, 0.2) is 0 Å². The number of hydrogen-bond donors (Lipinski definition) is 0. The van der Waals surface area contributed by atoms with Gasteiger partial charge in [-0.15, -0.1) is 0 Å². The third-order valence-corrected chi connectivity index (χ3v) is 2.18. The van der Waals surface area contributed by atoms with Crippen molar-refractivity contribution in [3.8, 4) is 11.8 Å². The molecule has 0 radical (unpaired) electrons. The SMILES string of the molecule is COCCC#C/C=C/CCc1ccccc1. The summed E-state index contributed by atoms with van der Waals surface area (Å²) in [5.41, 5.74) is 1.37. The standard InChI is InChI=1S/C15H18O/c1-16-14-10-5-3-2-4-7-11-15-12-8-6-9-13-15/h2,4,6,8-9,12-13H,7,10-11,14H2,1H3/b4-2+. The molecular formula is C15H18O. The fourth-order valence-corrected chi connectivity index (χ4v) is 1.32. The van der Waals surface area contributed by atoms with Crippen LogP contribution in [0.15, 0.2) is 42.5 Å². The average molecular weight is 214 g/mol. The van der Waals surface area contributed by atoms with Crippen molar-refractivity contribution in [1.29, 1.82) is 0 Å². The van der Waals surface area contributed by atoms with Gasteiger partial charge in [-0.05, 0) is 24.5 Å². The summed E-state index contributed by atoms with van der Waals surface area (Å²) in [7, 11) is 1.69. The van der Waals surface area contributed by atoms with Gasteiger partial charge in [-0.1, -0.05) is 48.2 Å². The molecule has 0 amide bonds. The minimum absolute atomic E-state index is 0.713. The Kier molecular flexibility index (Phi) is 6.87. The molecule has 1 aromatic carbocycles. The molecule has 0 saturated carbocycles. The third kappa shape index (κ3) is 6.06. The Bertz CT molecular complexity index is 354. The van der Waals surface area contributed by atoms with Crippen LogP contribution in [0.25, 0.3) is 0 Å². The highest BCUT2D eigenvalue weighted by molar-refractivity contribution is 5.18. The first-order chi connectivity index (χ1) is 7.93. The van der Waals surface area contributed by atoms with E-state index in [9.17, 15) is 0 Å². The Morgan fingerprint density at radius 1 is 1.25 bits per heavy atom. The molecule has 0 fully saturated rings. The van der Waals surface area contributed by atoms with Gasteiger partial charge >= 0.3 is 0 Å². The maximum atomic E-state index is 4.90. The highest BCUT2D eigenvalue weighted by atomic mass is 16.5. The lowest BCUT2D eigenvalue weighted by molar-refractivity contribution is 0.206. The molecule has 0 saturated heterocycles. The average Bonchev–Trinajstić information content (AvgIpc) is 2.34. The van der Waals surface area contributed by atoms with E-state index in [0.717, 1.165) is 19.3 Å². The molecule has 0 spiro atoms. The highest BCUT2D eigenvalue weighted by Gasteiger charge is 1.86. The smallest absolute Gasteiger partial charge is 0.0571 e. The number of allylic oxidation sites excluding steroid dienone is 2. The van der Waals surface area contributed by atoms with Gasteiger partial charge in [0, 0.05) is 13.5 Å². The van der Waals surface area contributed by atoms with Gasteiger partial charge in [-0.3, -0.25) is 0 Å². The normalized spacial score (nSPS) is 10.1. The van der Waals surface area contributed by atoms with E-state index < -0.39 is 0 Å². The predicted octanol–water partition coefficient (Wildman–Crippen LogP) is 3.22. The molecule has 1 heteroatoms. The second-order valence-electron chi connectivity index (χ2n) is 3.49. The molecule has 0 atom stereocenters. The molecule has 84 valence electrons. The zero-order chi connectivity index (χ0) is 11.5. The maximum absolute atomic E-state index is 4.90. The number of aryl methyl sites for hydroxylation is 1. The van der Waals surface area contributed by atoms with Crippen molar-refractivity contribution in [2.75, 3.05) is 13.7 Å². The fraction of sp³-hybridized carbons (Fsp3) is 0.333. The van der Waals surface area contributed by atoms with Crippen LogP contribution in [0, 0.1) is 11.8 Å². The number of hydrogen-bond acceptors (Lipinski definition) is 1. The second-order valence-corrected chi connectivity index (χ2v) is 3.49. The second kappa shape index (κ2) is 8.76. The summed E-state index contributed by atoms with van der Waals surface area (Å²) in [6.45, 7) is 0.713. The first kappa shape index (κ1) is 12.5. The van der Waals surface area contributed by atoms with Crippen LogP contribution in [0.5, 0.6) is 0 Å². The lowest BCUT2D eigenvalue weighted by atomic mass is 10.1. The van der Waals surface area contributed by atoms with Crippen LogP contribution >= 0.6 is 0 Å². The summed E-state index contributed by atoms with van der Waals surface area (Å²) in [5.74, 6) is 6.02. The van der Waals surface area contributed by atoms with Gasteiger partial charge in [0.1, 0.15) is 0 Å². The Hall–Kier alpha value is -1.52. The van der Waals surface area contributed by atoms with Crippen LogP contribution in [0.3, 0.4) is 0 Å². The summed E-state index contributed by atoms with van der Waals surface area (Å²) in [6.07, 6.45) is 6.98. The van der Waals surface area contributed by atoms with Crippen LogP contribution in [-0.2, 0) is 11.2 Å². The Morgan fingerprint density at radius 3 is 2.81 bits per heavy atom. The van der Waals surface area contributed by atoms with Crippen molar-refractivity contribution >= 4 is 0 Å². The Balaban J connectivity index is 2.15. The molecule has 0 aromatic heterocycles. The van der Waals surface area contributed by atoms with Crippen molar-refractivity contribution in [2.45, 2.75) is 19.3 Å².